The first-order valence-corrected chi connectivity index (χ1v) is 8.62. The number of hydrogen-bond acceptors (Lipinski definition) is 5. The average molecular weight is 373 g/mol. The minimum atomic E-state index is -0.682. The summed E-state index contributed by atoms with van der Waals surface area (Å²) >= 11 is 0. The smallest absolute Gasteiger partial charge is 0.269 e. The molecule has 4 heterocycles. The predicted molar refractivity (Wildman–Crippen MR) is 102 cm³/mol. The number of aromatic amines is 1. The molecule has 0 saturated heterocycles. The van der Waals surface area contributed by atoms with Gasteiger partial charge < -0.3 is 9.40 Å². The fraction of sp³-hybridized carbons (Fsp3) is 0.0476. The van der Waals surface area contributed by atoms with E-state index in [0.29, 0.717) is 27.1 Å². The molecule has 138 valence electrons. The third-order valence-electron chi connectivity index (χ3n) is 4.86. The van der Waals surface area contributed by atoms with Crippen molar-refractivity contribution in [3.05, 3.63) is 78.0 Å². The number of aromatic nitrogens is 2. The van der Waals surface area contributed by atoms with E-state index in [1.54, 1.807) is 55.1 Å². The molecule has 5 rings (SSSR count). The number of nitrogens with zero attached hydrogens (tertiary/aromatic N) is 2. The average Bonchev–Trinajstić information content (AvgIpc) is 3.36. The lowest BCUT2D eigenvalue weighted by Gasteiger charge is -2.25. The van der Waals surface area contributed by atoms with Gasteiger partial charge in [-0.15, -0.1) is 0 Å². The second kappa shape index (κ2) is 6.02. The van der Waals surface area contributed by atoms with Gasteiger partial charge in [0.1, 0.15) is 5.65 Å². The van der Waals surface area contributed by atoms with Crippen LogP contribution in [0.4, 0.5) is 0 Å². The quantitative estimate of drug-likeness (QED) is 0.543. The maximum absolute atomic E-state index is 13.0. The molecule has 3 aromatic heterocycles. The number of pyridine rings is 1. The van der Waals surface area contributed by atoms with Crippen LogP contribution in [0.1, 0.15) is 27.7 Å². The highest BCUT2D eigenvalue weighted by Crippen LogP contribution is 2.29. The van der Waals surface area contributed by atoms with E-state index in [1.165, 1.54) is 6.20 Å². The molecule has 3 amide bonds. The van der Waals surface area contributed by atoms with Crippen LogP contribution in [0, 0.1) is 0 Å². The fourth-order valence-electron chi connectivity index (χ4n) is 3.47. The van der Waals surface area contributed by atoms with E-state index in [9.17, 15) is 14.4 Å². The maximum Gasteiger partial charge on any atom is 0.269 e. The van der Waals surface area contributed by atoms with Crippen LogP contribution in [0.3, 0.4) is 0 Å². The highest BCUT2D eigenvalue weighted by Gasteiger charge is 2.36. The number of carbonyl (C=O) groups excluding carboxylic acids is 3. The van der Waals surface area contributed by atoms with Crippen LogP contribution in [-0.4, -0.2) is 32.6 Å². The number of H-pyrrole nitrogens is 1. The second-order valence-electron chi connectivity index (χ2n) is 6.51. The Morgan fingerprint density at radius 2 is 2.04 bits per heavy atom. The summed E-state index contributed by atoms with van der Waals surface area (Å²) in [6.07, 6.45) is 6.28. The molecule has 0 atom stereocenters. The summed E-state index contributed by atoms with van der Waals surface area (Å²) in [4.78, 5) is 46.3. The van der Waals surface area contributed by atoms with Gasteiger partial charge in [0.2, 0.25) is 5.91 Å². The molecule has 0 aliphatic carbocycles. The van der Waals surface area contributed by atoms with Gasteiger partial charge in [0.15, 0.2) is 0 Å². The first kappa shape index (κ1) is 16.2. The Morgan fingerprint density at radius 1 is 1.18 bits per heavy atom. The number of imide groups is 3. The van der Waals surface area contributed by atoms with Gasteiger partial charge in [0, 0.05) is 35.9 Å². The van der Waals surface area contributed by atoms with E-state index < -0.39 is 17.7 Å². The van der Waals surface area contributed by atoms with Crippen molar-refractivity contribution in [3.63, 3.8) is 0 Å². The van der Waals surface area contributed by atoms with E-state index in [4.69, 9.17) is 4.42 Å². The normalized spacial score (nSPS) is 13.8. The van der Waals surface area contributed by atoms with Crippen LogP contribution in [0.15, 0.2) is 65.7 Å². The molecule has 1 aliphatic rings. The number of furan rings is 1. The van der Waals surface area contributed by atoms with Gasteiger partial charge in [-0.25, -0.2) is 9.88 Å². The van der Waals surface area contributed by atoms with Crippen LogP contribution in [0.5, 0.6) is 0 Å². The summed E-state index contributed by atoms with van der Waals surface area (Å²) in [5, 5.41) is 0.699. The zero-order chi connectivity index (χ0) is 19.3. The predicted octanol–water partition coefficient (Wildman–Crippen LogP) is 3.43. The standard InChI is InChI=1S/C21H13N3O4.H2/c25-18-8-12-3-1-2-4-15(12)21(27)24(18)20(26)14-7-16-17(13-5-6-28-11-13)10-23-19(16)22-9-14;/h1-7,9-11H,8H2,(H,22,23);1H. The highest BCUT2D eigenvalue weighted by molar-refractivity contribution is 6.23. The van der Waals surface area contributed by atoms with E-state index in [0.717, 1.165) is 11.1 Å². The highest BCUT2D eigenvalue weighted by atomic mass is 16.3. The third-order valence-corrected chi connectivity index (χ3v) is 4.86. The summed E-state index contributed by atoms with van der Waals surface area (Å²) in [7, 11) is 0. The molecule has 1 aromatic carbocycles. The number of carbonyl (C=O) groups is 3. The number of rotatable bonds is 2. The molecule has 7 heteroatoms. The third kappa shape index (κ3) is 2.37. The molecule has 1 N–H and O–H groups in total. The molecule has 7 nitrogen and oxygen atoms in total. The van der Waals surface area contributed by atoms with Crippen LogP contribution in [-0.2, 0) is 11.2 Å². The minimum Gasteiger partial charge on any atom is -0.472 e. The van der Waals surface area contributed by atoms with Gasteiger partial charge in [0.25, 0.3) is 11.8 Å². The SMILES string of the molecule is O=C1Cc2ccccc2C(=O)N1C(=O)c1cnc2[nH]cc(-c3ccoc3)c2c1.[HH]. The van der Waals surface area contributed by atoms with Gasteiger partial charge in [-0.3, -0.25) is 14.4 Å². The van der Waals surface area contributed by atoms with E-state index in [-0.39, 0.29) is 13.4 Å². The fourth-order valence-corrected chi connectivity index (χ4v) is 3.47. The zero-order valence-electron chi connectivity index (χ0n) is 14.5. The van der Waals surface area contributed by atoms with Crippen molar-refractivity contribution >= 4 is 28.8 Å². The number of nitrogens with one attached hydrogen (secondary N) is 1. The second-order valence-corrected chi connectivity index (χ2v) is 6.51. The van der Waals surface area contributed by atoms with E-state index in [2.05, 4.69) is 9.97 Å². The van der Waals surface area contributed by atoms with Gasteiger partial charge in [0.05, 0.1) is 24.5 Å². The van der Waals surface area contributed by atoms with E-state index in [1.807, 2.05) is 0 Å². The summed E-state index contributed by atoms with van der Waals surface area (Å²) in [5.41, 5.74) is 3.39. The largest absolute Gasteiger partial charge is 0.472 e. The molecular formula is C21H15N3O4. The van der Waals surface area contributed by atoms with Crippen molar-refractivity contribution in [2.24, 2.45) is 0 Å². The molecule has 0 unspecified atom stereocenters. The number of fused-ring (bicyclic) bond motifs is 2. The first-order valence-electron chi connectivity index (χ1n) is 8.62. The van der Waals surface area contributed by atoms with Gasteiger partial charge in [-0.2, -0.15) is 0 Å². The summed E-state index contributed by atoms with van der Waals surface area (Å²) in [5.74, 6) is -1.84. The Balaban J connectivity index is 0.00000205. The molecule has 28 heavy (non-hydrogen) atoms. The first-order chi connectivity index (χ1) is 13.6. The lowest BCUT2D eigenvalue weighted by atomic mass is 9.98. The van der Waals surface area contributed by atoms with Gasteiger partial charge in [-0.05, 0) is 23.8 Å². The number of hydrogen-bond donors (Lipinski definition) is 1. The van der Waals surface area contributed by atoms with Crippen molar-refractivity contribution < 1.29 is 20.2 Å². The monoisotopic (exact) mass is 373 g/mol. The van der Waals surface area contributed by atoms with Gasteiger partial charge in [-0.1, -0.05) is 18.2 Å². The Labute approximate surface area is 160 Å². The Bertz CT molecular complexity index is 1260. The van der Waals surface area contributed by atoms with E-state index >= 15 is 0 Å². The lowest BCUT2D eigenvalue weighted by molar-refractivity contribution is -0.126. The van der Waals surface area contributed by atoms with Crippen molar-refractivity contribution in [2.75, 3.05) is 0 Å². The lowest BCUT2D eigenvalue weighted by Crippen LogP contribution is -2.46. The molecule has 0 fully saturated rings. The Morgan fingerprint density at radius 3 is 2.86 bits per heavy atom. The van der Waals surface area contributed by atoms with Crippen LogP contribution in [0.25, 0.3) is 22.2 Å². The van der Waals surface area contributed by atoms with Crippen LogP contribution >= 0.6 is 0 Å². The molecule has 0 bridgehead atoms. The molecule has 0 spiro atoms. The zero-order valence-corrected chi connectivity index (χ0v) is 14.5. The van der Waals surface area contributed by atoms with Crippen LogP contribution < -0.4 is 0 Å². The van der Waals surface area contributed by atoms with Crippen molar-refractivity contribution in [2.45, 2.75) is 6.42 Å². The van der Waals surface area contributed by atoms with Gasteiger partial charge >= 0.3 is 0 Å². The summed E-state index contributed by atoms with van der Waals surface area (Å²) in [6, 6.07) is 10.2. The molecular weight excluding hydrogens is 358 g/mol. The Kier molecular flexibility index (Phi) is 3.48. The van der Waals surface area contributed by atoms with Crippen LogP contribution in [0.2, 0.25) is 0 Å². The topological polar surface area (TPSA) is 96.3 Å². The van der Waals surface area contributed by atoms with Crippen molar-refractivity contribution in [3.8, 4) is 11.1 Å². The Hall–Kier alpha value is -4.00. The number of amides is 3. The summed E-state index contributed by atoms with van der Waals surface area (Å²) in [6.45, 7) is 0. The number of benzene rings is 1. The molecule has 0 saturated carbocycles. The van der Waals surface area contributed by atoms with Crippen molar-refractivity contribution in [1.82, 2.24) is 14.9 Å². The van der Waals surface area contributed by atoms with Crippen molar-refractivity contribution in [1.29, 1.82) is 0 Å². The maximum atomic E-state index is 13.0. The molecule has 0 radical (unpaired) electrons. The molecule has 1 aliphatic heterocycles. The summed E-state index contributed by atoms with van der Waals surface area (Å²) < 4.78 is 5.12. The molecule has 4 aromatic rings. The minimum absolute atomic E-state index is 0.